The highest BCUT2D eigenvalue weighted by molar-refractivity contribution is 4.68. The fourth-order valence-corrected chi connectivity index (χ4v) is 1.64. The van der Waals surface area contributed by atoms with Gasteiger partial charge in [-0.25, -0.2) is 0 Å². The summed E-state index contributed by atoms with van der Waals surface area (Å²) in [5.41, 5.74) is 0. The molecule has 2 N–H and O–H groups in total. The monoisotopic (exact) mass is 200 g/mol. The molecule has 0 aromatic carbocycles. The van der Waals surface area contributed by atoms with Crippen molar-refractivity contribution in [3.63, 3.8) is 0 Å². The van der Waals surface area contributed by atoms with Gasteiger partial charge in [-0.05, 0) is 39.3 Å². The van der Waals surface area contributed by atoms with E-state index < -0.39 is 0 Å². The molecule has 0 spiro atoms. The zero-order valence-electron chi connectivity index (χ0n) is 9.51. The molecule has 0 aromatic heterocycles. The molecule has 0 amide bonds. The van der Waals surface area contributed by atoms with Gasteiger partial charge in [-0.2, -0.15) is 0 Å². The molecule has 1 aliphatic rings. The van der Waals surface area contributed by atoms with Crippen LogP contribution >= 0.6 is 0 Å². The van der Waals surface area contributed by atoms with Gasteiger partial charge in [0.2, 0.25) is 0 Å². The Balaban J connectivity index is 1.92. The van der Waals surface area contributed by atoms with Crippen LogP contribution in [-0.4, -0.2) is 38.4 Å². The Hall–Kier alpha value is -0.120. The molecule has 0 aromatic rings. The van der Waals surface area contributed by atoms with Crippen molar-refractivity contribution in [3.8, 4) is 0 Å². The van der Waals surface area contributed by atoms with Crippen LogP contribution < -0.4 is 10.6 Å². The van der Waals surface area contributed by atoms with Gasteiger partial charge in [0, 0.05) is 12.6 Å². The van der Waals surface area contributed by atoms with Crippen molar-refractivity contribution in [2.24, 2.45) is 0 Å². The van der Waals surface area contributed by atoms with E-state index in [-0.39, 0.29) is 0 Å². The molecule has 1 atom stereocenters. The second kappa shape index (κ2) is 7.21. The topological polar surface area (TPSA) is 33.3 Å². The van der Waals surface area contributed by atoms with Crippen molar-refractivity contribution in [1.82, 2.24) is 10.6 Å². The van der Waals surface area contributed by atoms with E-state index in [9.17, 15) is 0 Å². The highest BCUT2D eigenvalue weighted by atomic mass is 16.5. The third-order valence-electron chi connectivity index (χ3n) is 2.85. The van der Waals surface area contributed by atoms with Crippen molar-refractivity contribution < 1.29 is 4.74 Å². The van der Waals surface area contributed by atoms with Crippen molar-refractivity contribution in [2.75, 3.05) is 26.2 Å². The van der Waals surface area contributed by atoms with Gasteiger partial charge in [-0.15, -0.1) is 0 Å². The normalized spacial score (nSPS) is 21.0. The second-order valence-corrected chi connectivity index (χ2v) is 4.08. The molecule has 0 radical (unpaired) electrons. The van der Waals surface area contributed by atoms with Crippen LogP contribution in [0.2, 0.25) is 0 Å². The summed E-state index contributed by atoms with van der Waals surface area (Å²) in [6.07, 6.45) is 4.02. The lowest BCUT2D eigenvalue weighted by Gasteiger charge is -2.23. The molecular formula is C11H24N2O. The first-order valence-electron chi connectivity index (χ1n) is 5.88. The van der Waals surface area contributed by atoms with Gasteiger partial charge in [-0.3, -0.25) is 0 Å². The van der Waals surface area contributed by atoms with E-state index >= 15 is 0 Å². The zero-order valence-corrected chi connectivity index (χ0v) is 9.51. The predicted molar refractivity (Wildman–Crippen MR) is 59.6 cm³/mol. The first-order valence-corrected chi connectivity index (χ1v) is 5.88. The minimum atomic E-state index is 0.495. The van der Waals surface area contributed by atoms with Crippen molar-refractivity contribution in [1.29, 1.82) is 0 Å². The third kappa shape index (κ3) is 4.94. The first-order chi connectivity index (χ1) is 6.83. The van der Waals surface area contributed by atoms with Gasteiger partial charge >= 0.3 is 0 Å². The van der Waals surface area contributed by atoms with Crippen LogP contribution in [0.25, 0.3) is 0 Å². The molecule has 1 fully saturated rings. The minimum absolute atomic E-state index is 0.495. The first kappa shape index (κ1) is 12.0. The average molecular weight is 200 g/mol. The summed E-state index contributed by atoms with van der Waals surface area (Å²) in [6, 6.07) is 0.617. The van der Waals surface area contributed by atoms with Gasteiger partial charge in [0.25, 0.3) is 0 Å². The lowest BCUT2D eigenvalue weighted by atomic mass is 10.1. The molecule has 1 heterocycles. The standard InChI is InChI=1S/C11H24N2O/c1-3-10(2)13-8-9-14-11-4-6-12-7-5-11/h10-13H,3-9H2,1-2H3. The summed E-state index contributed by atoms with van der Waals surface area (Å²) in [4.78, 5) is 0. The average Bonchev–Trinajstić information content (AvgIpc) is 2.25. The smallest absolute Gasteiger partial charge is 0.0600 e. The lowest BCUT2D eigenvalue weighted by molar-refractivity contribution is 0.0340. The number of ether oxygens (including phenoxy) is 1. The maximum Gasteiger partial charge on any atom is 0.0600 e. The Bertz CT molecular complexity index is 135. The van der Waals surface area contributed by atoms with E-state index in [0.29, 0.717) is 12.1 Å². The zero-order chi connectivity index (χ0) is 10.2. The molecular weight excluding hydrogens is 176 g/mol. The Morgan fingerprint density at radius 1 is 1.43 bits per heavy atom. The maximum absolute atomic E-state index is 5.78. The molecule has 1 rings (SSSR count). The molecule has 3 nitrogen and oxygen atoms in total. The highest BCUT2D eigenvalue weighted by Gasteiger charge is 2.12. The summed E-state index contributed by atoms with van der Waals surface area (Å²) >= 11 is 0. The Kier molecular flexibility index (Phi) is 6.15. The molecule has 0 saturated carbocycles. The summed E-state index contributed by atoms with van der Waals surface area (Å²) in [7, 11) is 0. The van der Waals surface area contributed by atoms with Crippen LogP contribution in [0.1, 0.15) is 33.1 Å². The van der Waals surface area contributed by atoms with Crippen LogP contribution in [0.5, 0.6) is 0 Å². The molecule has 1 saturated heterocycles. The molecule has 0 bridgehead atoms. The van der Waals surface area contributed by atoms with Gasteiger partial charge in [-0.1, -0.05) is 6.92 Å². The van der Waals surface area contributed by atoms with Crippen molar-refractivity contribution in [3.05, 3.63) is 0 Å². The van der Waals surface area contributed by atoms with Gasteiger partial charge < -0.3 is 15.4 Å². The van der Waals surface area contributed by atoms with Crippen molar-refractivity contribution in [2.45, 2.75) is 45.3 Å². The second-order valence-electron chi connectivity index (χ2n) is 4.08. The fraction of sp³-hybridized carbons (Fsp3) is 1.00. The van der Waals surface area contributed by atoms with Crippen LogP contribution in [0.15, 0.2) is 0 Å². The van der Waals surface area contributed by atoms with E-state index in [2.05, 4.69) is 24.5 Å². The van der Waals surface area contributed by atoms with Gasteiger partial charge in [0.15, 0.2) is 0 Å². The summed E-state index contributed by atoms with van der Waals surface area (Å²) in [5, 5.41) is 6.77. The van der Waals surface area contributed by atoms with E-state index in [1.807, 2.05) is 0 Å². The maximum atomic E-state index is 5.78. The Morgan fingerprint density at radius 2 is 2.14 bits per heavy atom. The van der Waals surface area contributed by atoms with Crippen molar-refractivity contribution >= 4 is 0 Å². The molecule has 1 aliphatic heterocycles. The van der Waals surface area contributed by atoms with Crippen LogP contribution in [0, 0.1) is 0 Å². The minimum Gasteiger partial charge on any atom is -0.377 e. The fourth-order valence-electron chi connectivity index (χ4n) is 1.64. The van der Waals surface area contributed by atoms with E-state index in [1.54, 1.807) is 0 Å². The SMILES string of the molecule is CCC(C)NCCOC1CCNCC1. The summed E-state index contributed by atoms with van der Waals surface area (Å²) in [6.45, 7) is 8.48. The lowest BCUT2D eigenvalue weighted by Crippen LogP contribution is -2.35. The number of piperidine rings is 1. The largest absolute Gasteiger partial charge is 0.377 e. The van der Waals surface area contributed by atoms with Gasteiger partial charge in [0.05, 0.1) is 12.7 Å². The predicted octanol–water partition coefficient (Wildman–Crippen LogP) is 1.14. The van der Waals surface area contributed by atoms with E-state index in [1.165, 1.54) is 19.3 Å². The van der Waals surface area contributed by atoms with E-state index in [4.69, 9.17) is 4.74 Å². The number of rotatable bonds is 6. The summed E-state index contributed by atoms with van der Waals surface area (Å²) in [5.74, 6) is 0. The molecule has 0 aliphatic carbocycles. The van der Waals surface area contributed by atoms with Gasteiger partial charge in [0.1, 0.15) is 0 Å². The molecule has 3 heteroatoms. The third-order valence-corrected chi connectivity index (χ3v) is 2.85. The molecule has 84 valence electrons. The van der Waals surface area contributed by atoms with E-state index in [0.717, 1.165) is 26.2 Å². The number of hydrogen-bond acceptors (Lipinski definition) is 3. The Morgan fingerprint density at radius 3 is 2.79 bits per heavy atom. The van der Waals surface area contributed by atoms with Crippen LogP contribution in [0.3, 0.4) is 0 Å². The van der Waals surface area contributed by atoms with Crippen LogP contribution in [-0.2, 0) is 4.74 Å². The quantitative estimate of drug-likeness (QED) is 0.631. The summed E-state index contributed by atoms with van der Waals surface area (Å²) < 4.78 is 5.78. The Labute approximate surface area is 87.6 Å². The number of nitrogens with one attached hydrogen (secondary N) is 2. The molecule has 1 unspecified atom stereocenters. The molecule has 14 heavy (non-hydrogen) atoms. The van der Waals surface area contributed by atoms with Crippen LogP contribution in [0.4, 0.5) is 0 Å². The number of hydrogen-bond donors (Lipinski definition) is 2. The highest BCUT2D eigenvalue weighted by Crippen LogP contribution is 2.06.